The van der Waals surface area contributed by atoms with Crippen LogP contribution in [0, 0.1) is 5.41 Å². The molecule has 0 aromatic heterocycles. The standard InChI is InChI=1S/C17H23NO5/c1-3-17(7-8-17)11-18-16(21)12-5-6-13(23-10-15(19)20)14(9-12)22-4-2/h5-6,9H,3-4,7-8,10-11H2,1-2H3,(H,18,21)(H,19,20). The quantitative estimate of drug-likeness (QED) is 0.730. The van der Waals surface area contributed by atoms with E-state index in [4.69, 9.17) is 14.6 Å². The zero-order valence-corrected chi connectivity index (χ0v) is 13.6. The van der Waals surface area contributed by atoms with Gasteiger partial charge in [-0.15, -0.1) is 0 Å². The van der Waals surface area contributed by atoms with Crippen LogP contribution in [0.1, 0.15) is 43.5 Å². The molecule has 0 heterocycles. The summed E-state index contributed by atoms with van der Waals surface area (Å²) < 4.78 is 10.6. The summed E-state index contributed by atoms with van der Waals surface area (Å²) in [6, 6.07) is 4.76. The van der Waals surface area contributed by atoms with Crippen molar-refractivity contribution in [3.8, 4) is 11.5 Å². The maximum atomic E-state index is 12.3. The van der Waals surface area contributed by atoms with Gasteiger partial charge in [0, 0.05) is 12.1 Å². The van der Waals surface area contributed by atoms with Crippen LogP contribution in [-0.2, 0) is 4.79 Å². The monoisotopic (exact) mass is 321 g/mol. The summed E-state index contributed by atoms with van der Waals surface area (Å²) in [6.07, 6.45) is 3.39. The SMILES string of the molecule is CCOc1cc(C(=O)NCC2(CC)CC2)ccc1OCC(=O)O. The van der Waals surface area contributed by atoms with Crippen molar-refractivity contribution in [3.63, 3.8) is 0 Å². The summed E-state index contributed by atoms with van der Waals surface area (Å²) in [4.78, 5) is 22.9. The Hall–Kier alpha value is -2.24. The maximum Gasteiger partial charge on any atom is 0.341 e. The second-order valence-electron chi connectivity index (χ2n) is 5.81. The van der Waals surface area contributed by atoms with Gasteiger partial charge in [0.1, 0.15) is 0 Å². The van der Waals surface area contributed by atoms with Gasteiger partial charge in [-0.3, -0.25) is 4.79 Å². The topological polar surface area (TPSA) is 84.9 Å². The van der Waals surface area contributed by atoms with Crippen molar-refractivity contribution in [2.24, 2.45) is 5.41 Å². The maximum absolute atomic E-state index is 12.3. The minimum atomic E-state index is -1.07. The van der Waals surface area contributed by atoms with Gasteiger partial charge in [0.25, 0.3) is 5.91 Å². The number of nitrogens with one attached hydrogen (secondary N) is 1. The second-order valence-corrected chi connectivity index (χ2v) is 5.81. The molecule has 0 bridgehead atoms. The molecule has 1 saturated carbocycles. The molecule has 23 heavy (non-hydrogen) atoms. The fourth-order valence-corrected chi connectivity index (χ4v) is 2.38. The predicted molar refractivity (Wildman–Crippen MR) is 85.0 cm³/mol. The number of carbonyl (C=O) groups excluding carboxylic acids is 1. The Bertz CT molecular complexity index is 580. The van der Waals surface area contributed by atoms with Gasteiger partial charge in [0.05, 0.1) is 6.61 Å². The van der Waals surface area contributed by atoms with Gasteiger partial charge in [-0.2, -0.15) is 0 Å². The number of amides is 1. The zero-order valence-electron chi connectivity index (χ0n) is 13.6. The highest BCUT2D eigenvalue weighted by Gasteiger charge is 2.40. The third kappa shape index (κ3) is 4.61. The molecule has 0 unspecified atom stereocenters. The lowest BCUT2D eigenvalue weighted by Gasteiger charge is -2.15. The number of rotatable bonds is 9. The van der Waals surface area contributed by atoms with Gasteiger partial charge in [0.15, 0.2) is 18.1 Å². The molecule has 2 rings (SSSR count). The molecular weight excluding hydrogens is 298 g/mol. The molecule has 1 aliphatic carbocycles. The average molecular weight is 321 g/mol. The Balaban J connectivity index is 2.04. The minimum absolute atomic E-state index is 0.157. The fourth-order valence-electron chi connectivity index (χ4n) is 2.38. The van der Waals surface area contributed by atoms with Gasteiger partial charge >= 0.3 is 5.97 Å². The first kappa shape index (κ1) is 17.1. The summed E-state index contributed by atoms with van der Waals surface area (Å²) in [5.41, 5.74) is 0.756. The van der Waals surface area contributed by atoms with E-state index in [-0.39, 0.29) is 11.3 Å². The van der Waals surface area contributed by atoms with Crippen LogP contribution < -0.4 is 14.8 Å². The van der Waals surface area contributed by atoms with Crippen molar-refractivity contribution in [3.05, 3.63) is 23.8 Å². The second kappa shape index (κ2) is 7.35. The molecule has 1 aromatic rings. The number of aliphatic carboxylic acids is 1. The summed E-state index contributed by atoms with van der Waals surface area (Å²) in [5.74, 6) is -0.532. The molecule has 0 spiro atoms. The fraction of sp³-hybridized carbons (Fsp3) is 0.529. The highest BCUT2D eigenvalue weighted by Crippen LogP contribution is 2.47. The Morgan fingerprint density at radius 3 is 2.52 bits per heavy atom. The van der Waals surface area contributed by atoms with E-state index in [9.17, 15) is 9.59 Å². The van der Waals surface area contributed by atoms with E-state index < -0.39 is 12.6 Å². The first-order chi connectivity index (χ1) is 11.0. The Labute approximate surface area is 135 Å². The smallest absolute Gasteiger partial charge is 0.341 e. The van der Waals surface area contributed by atoms with Crippen LogP contribution in [0.15, 0.2) is 18.2 Å². The molecule has 0 atom stereocenters. The van der Waals surface area contributed by atoms with Crippen LogP contribution in [-0.4, -0.2) is 36.7 Å². The van der Waals surface area contributed by atoms with Gasteiger partial charge in [-0.05, 0) is 49.8 Å². The number of carboxylic acids is 1. The summed E-state index contributed by atoms with van der Waals surface area (Å²) in [5, 5.41) is 11.6. The van der Waals surface area contributed by atoms with Crippen LogP contribution in [0.2, 0.25) is 0 Å². The van der Waals surface area contributed by atoms with Gasteiger partial charge in [0.2, 0.25) is 0 Å². The first-order valence-corrected chi connectivity index (χ1v) is 7.89. The molecule has 1 amide bonds. The van der Waals surface area contributed by atoms with Gasteiger partial charge in [-0.1, -0.05) is 6.92 Å². The van der Waals surface area contributed by atoms with E-state index in [0.29, 0.717) is 30.2 Å². The van der Waals surface area contributed by atoms with Crippen molar-refractivity contribution in [2.45, 2.75) is 33.1 Å². The normalized spacial score (nSPS) is 14.9. The van der Waals surface area contributed by atoms with Crippen LogP contribution in [0.4, 0.5) is 0 Å². The van der Waals surface area contributed by atoms with Crippen LogP contribution in [0.25, 0.3) is 0 Å². The summed E-state index contributed by atoms with van der Waals surface area (Å²) in [6.45, 7) is 4.58. The van der Waals surface area contributed by atoms with Crippen LogP contribution >= 0.6 is 0 Å². The summed E-state index contributed by atoms with van der Waals surface area (Å²) >= 11 is 0. The Morgan fingerprint density at radius 2 is 1.96 bits per heavy atom. The molecule has 6 nitrogen and oxygen atoms in total. The number of hydrogen-bond acceptors (Lipinski definition) is 4. The van der Waals surface area contributed by atoms with E-state index in [1.165, 1.54) is 0 Å². The number of ether oxygens (including phenoxy) is 2. The van der Waals surface area contributed by atoms with Crippen molar-refractivity contribution in [1.29, 1.82) is 0 Å². The lowest BCUT2D eigenvalue weighted by atomic mass is 10.0. The first-order valence-electron chi connectivity index (χ1n) is 7.89. The molecule has 6 heteroatoms. The minimum Gasteiger partial charge on any atom is -0.490 e. The Kier molecular flexibility index (Phi) is 5.47. The van der Waals surface area contributed by atoms with Crippen molar-refractivity contribution in [1.82, 2.24) is 5.32 Å². The van der Waals surface area contributed by atoms with E-state index >= 15 is 0 Å². The molecule has 0 saturated heterocycles. The van der Waals surface area contributed by atoms with Crippen molar-refractivity contribution >= 4 is 11.9 Å². The molecule has 1 aromatic carbocycles. The number of carboxylic acid groups (broad SMARTS) is 1. The van der Waals surface area contributed by atoms with E-state index in [2.05, 4.69) is 12.2 Å². The van der Waals surface area contributed by atoms with E-state index in [1.54, 1.807) is 18.2 Å². The van der Waals surface area contributed by atoms with Gasteiger partial charge in [-0.25, -0.2) is 4.79 Å². The third-order valence-corrected chi connectivity index (χ3v) is 4.19. The largest absolute Gasteiger partial charge is 0.490 e. The van der Waals surface area contributed by atoms with Crippen molar-refractivity contribution in [2.75, 3.05) is 19.8 Å². The molecule has 1 fully saturated rings. The molecular formula is C17H23NO5. The van der Waals surface area contributed by atoms with Gasteiger partial charge < -0.3 is 19.9 Å². The highest BCUT2D eigenvalue weighted by atomic mass is 16.5. The molecule has 126 valence electrons. The molecule has 0 radical (unpaired) electrons. The van der Waals surface area contributed by atoms with E-state index in [0.717, 1.165) is 19.3 Å². The number of carbonyl (C=O) groups is 2. The zero-order chi connectivity index (χ0) is 16.9. The lowest BCUT2D eigenvalue weighted by Crippen LogP contribution is -2.30. The lowest BCUT2D eigenvalue weighted by molar-refractivity contribution is -0.139. The molecule has 2 N–H and O–H groups in total. The average Bonchev–Trinajstić information content (AvgIpc) is 3.32. The Morgan fingerprint density at radius 1 is 1.22 bits per heavy atom. The molecule has 1 aliphatic rings. The van der Waals surface area contributed by atoms with E-state index in [1.807, 2.05) is 6.92 Å². The number of hydrogen-bond donors (Lipinski definition) is 2. The predicted octanol–water partition coefficient (Wildman–Crippen LogP) is 2.47. The van der Waals surface area contributed by atoms with Crippen LogP contribution in [0.5, 0.6) is 11.5 Å². The number of benzene rings is 1. The van der Waals surface area contributed by atoms with Crippen molar-refractivity contribution < 1.29 is 24.2 Å². The molecule has 0 aliphatic heterocycles. The summed E-state index contributed by atoms with van der Waals surface area (Å²) in [7, 11) is 0. The van der Waals surface area contributed by atoms with Crippen LogP contribution in [0.3, 0.4) is 0 Å². The highest BCUT2D eigenvalue weighted by molar-refractivity contribution is 5.95. The third-order valence-electron chi connectivity index (χ3n) is 4.19.